The number of rotatable bonds is 15. The lowest BCUT2D eigenvalue weighted by Gasteiger charge is -2.37. The van der Waals surface area contributed by atoms with Crippen LogP contribution in [0.2, 0.25) is 0 Å². The van der Waals surface area contributed by atoms with Gasteiger partial charge < -0.3 is 25.6 Å². The molecule has 2 aliphatic carbocycles. The number of ketones is 1. The summed E-state index contributed by atoms with van der Waals surface area (Å²) in [6.07, 6.45) is 11.5. The van der Waals surface area contributed by atoms with Crippen molar-refractivity contribution in [1.82, 2.24) is 20.9 Å². The molecule has 0 spiro atoms. The van der Waals surface area contributed by atoms with Crippen molar-refractivity contribution < 1.29 is 23.9 Å². The van der Waals surface area contributed by atoms with Crippen LogP contribution in [-0.2, 0) is 19.1 Å². The Kier molecular flexibility index (Phi) is 11.9. The average Bonchev–Trinajstić information content (AvgIpc) is 3.94. The van der Waals surface area contributed by atoms with Gasteiger partial charge in [-0.15, -0.1) is 12.3 Å². The van der Waals surface area contributed by atoms with Gasteiger partial charge in [-0.2, -0.15) is 0 Å². The van der Waals surface area contributed by atoms with Gasteiger partial charge in [0, 0.05) is 18.9 Å². The van der Waals surface area contributed by atoms with Crippen LogP contribution < -0.4 is 16.0 Å². The second-order valence-electron chi connectivity index (χ2n) is 15.1. The van der Waals surface area contributed by atoms with Crippen molar-refractivity contribution >= 4 is 23.6 Å². The predicted octanol–water partition coefficient (Wildman–Crippen LogP) is 5.01. The lowest BCUT2D eigenvalue weighted by molar-refractivity contribution is -0.143. The van der Waals surface area contributed by atoms with Gasteiger partial charge in [0.1, 0.15) is 12.1 Å². The van der Waals surface area contributed by atoms with Crippen molar-refractivity contribution in [2.24, 2.45) is 29.1 Å². The number of ether oxygens (including phenoxy) is 1. The van der Waals surface area contributed by atoms with Crippen molar-refractivity contribution in [1.29, 1.82) is 0 Å². The minimum Gasteiger partial charge on any atom is -0.371 e. The minimum absolute atomic E-state index is 0.0164. The molecule has 0 aromatic heterocycles. The van der Waals surface area contributed by atoms with Crippen molar-refractivity contribution in [3.05, 3.63) is 35.9 Å². The molecule has 1 aliphatic heterocycles. The summed E-state index contributed by atoms with van der Waals surface area (Å²) in [6.45, 7) is 11.9. The zero-order valence-electron chi connectivity index (χ0n) is 28.5. The van der Waals surface area contributed by atoms with Crippen LogP contribution in [0.25, 0.3) is 0 Å². The molecule has 4 rings (SSSR count). The second-order valence-corrected chi connectivity index (χ2v) is 15.1. The molecule has 0 radical (unpaired) electrons. The van der Waals surface area contributed by atoms with Crippen LogP contribution in [-0.4, -0.2) is 65.8 Å². The Morgan fingerprint density at radius 3 is 2.22 bits per heavy atom. The van der Waals surface area contributed by atoms with Gasteiger partial charge in [0.15, 0.2) is 5.78 Å². The average molecular weight is 635 g/mol. The van der Waals surface area contributed by atoms with Gasteiger partial charge in [-0.1, -0.05) is 77.8 Å². The summed E-state index contributed by atoms with van der Waals surface area (Å²) in [5, 5.41) is 8.96. The molecule has 3 aliphatic rings. The number of likely N-dealkylation sites (tertiary alicyclic amines) is 1. The maximum Gasteiger partial charge on any atom is 0.315 e. The first-order valence-electron chi connectivity index (χ1n) is 17.1. The van der Waals surface area contributed by atoms with E-state index in [4.69, 9.17) is 11.2 Å². The van der Waals surface area contributed by atoms with Crippen LogP contribution in [0.4, 0.5) is 4.79 Å². The van der Waals surface area contributed by atoms with E-state index in [9.17, 15) is 19.2 Å². The molecule has 46 heavy (non-hydrogen) atoms. The topological polar surface area (TPSA) is 117 Å². The summed E-state index contributed by atoms with van der Waals surface area (Å²) < 4.78 is 6.43. The van der Waals surface area contributed by atoms with Gasteiger partial charge >= 0.3 is 6.03 Å². The maximum absolute atomic E-state index is 14.2. The van der Waals surface area contributed by atoms with E-state index in [-0.39, 0.29) is 41.6 Å². The van der Waals surface area contributed by atoms with Crippen LogP contribution in [0.15, 0.2) is 30.3 Å². The molecule has 6 atom stereocenters. The third-order valence-corrected chi connectivity index (χ3v) is 9.67. The SMILES string of the molecule is C#CC[C@H]1CCN(C(=O)[C@@H](NC(=O)N[C@H](COC(c2ccccc2)C2CC2)C(C)C)C(C)(C)C)[C@@H]1C(=O)NC(CC1CC1)C(C)=O. The quantitative estimate of drug-likeness (QED) is 0.235. The van der Waals surface area contributed by atoms with E-state index in [1.165, 1.54) is 6.92 Å². The van der Waals surface area contributed by atoms with Gasteiger partial charge in [0.2, 0.25) is 11.8 Å². The second kappa shape index (κ2) is 15.5. The van der Waals surface area contributed by atoms with Crippen LogP contribution in [0, 0.1) is 41.4 Å². The maximum atomic E-state index is 14.2. The standard InChI is InChI=1S/C37H54N4O5/c1-8-12-26-19-20-41(31(26)34(43)38-29(24(4)42)21-25-15-16-25)35(44)33(37(5,6)7)40-36(45)39-30(23(2)3)22-46-32(28-17-18-28)27-13-10-9-11-14-27/h1,9-11,13-14,23,25-26,28-33H,12,15-22H2,2-7H3,(H,38,43)(H2,39,40,45)/t26-,29?,30+,31-,32?,33+/m0/s1. The Hall–Kier alpha value is -3.38. The lowest BCUT2D eigenvalue weighted by Crippen LogP contribution is -2.61. The molecule has 3 fully saturated rings. The van der Waals surface area contributed by atoms with E-state index in [2.05, 4.69) is 34.0 Å². The molecule has 9 nitrogen and oxygen atoms in total. The molecule has 1 aromatic carbocycles. The van der Waals surface area contributed by atoms with E-state index < -0.39 is 29.6 Å². The van der Waals surface area contributed by atoms with Gasteiger partial charge in [-0.25, -0.2) is 4.79 Å². The Bertz CT molecular complexity index is 1260. The predicted molar refractivity (Wildman–Crippen MR) is 178 cm³/mol. The van der Waals surface area contributed by atoms with Gasteiger partial charge in [-0.3, -0.25) is 14.4 Å². The summed E-state index contributed by atoms with van der Waals surface area (Å²) >= 11 is 0. The Morgan fingerprint density at radius 2 is 1.67 bits per heavy atom. The van der Waals surface area contributed by atoms with E-state index in [1.807, 2.05) is 52.8 Å². The van der Waals surface area contributed by atoms with Crippen molar-refractivity contribution in [3.8, 4) is 12.3 Å². The largest absolute Gasteiger partial charge is 0.371 e. The number of terminal acetylenes is 1. The number of nitrogens with one attached hydrogen (secondary N) is 3. The summed E-state index contributed by atoms with van der Waals surface area (Å²) in [5.41, 5.74) is 0.492. The number of carbonyl (C=O) groups is 4. The molecule has 1 saturated heterocycles. The van der Waals surface area contributed by atoms with Crippen LogP contribution in [0.5, 0.6) is 0 Å². The number of hydrogen-bond donors (Lipinski definition) is 3. The summed E-state index contributed by atoms with van der Waals surface area (Å²) in [5.74, 6) is 2.66. The molecule has 252 valence electrons. The van der Waals surface area contributed by atoms with Gasteiger partial charge in [0.25, 0.3) is 0 Å². The third-order valence-electron chi connectivity index (χ3n) is 9.67. The number of benzene rings is 1. The zero-order valence-corrected chi connectivity index (χ0v) is 28.5. The lowest BCUT2D eigenvalue weighted by atomic mass is 9.85. The molecule has 9 heteroatoms. The van der Waals surface area contributed by atoms with E-state index in [1.54, 1.807) is 4.90 Å². The highest BCUT2D eigenvalue weighted by atomic mass is 16.5. The van der Waals surface area contributed by atoms with Crippen LogP contribution >= 0.6 is 0 Å². The normalized spacial score (nSPS) is 22.3. The van der Waals surface area contributed by atoms with E-state index in [0.29, 0.717) is 44.2 Å². The van der Waals surface area contributed by atoms with Gasteiger partial charge in [-0.05, 0) is 61.3 Å². The Morgan fingerprint density at radius 1 is 1.00 bits per heavy atom. The minimum atomic E-state index is -0.903. The third kappa shape index (κ3) is 9.57. The molecular formula is C37H54N4O5. The molecule has 4 amide bonds. The zero-order chi connectivity index (χ0) is 33.6. The van der Waals surface area contributed by atoms with Crippen molar-refractivity contribution in [2.45, 2.75) is 117 Å². The Balaban J connectivity index is 1.44. The molecular weight excluding hydrogens is 580 g/mol. The first-order valence-corrected chi connectivity index (χ1v) is 17.1. The fourth-order valence-corrected chi connectivity index (χ4v) is 6.40. The Labute approximate surface area is 275 Å². The molecule has 0 bridgehead atoms. The summed E-state index contributed by atoms with van der Waals surface area (Å²) in [7, 11) is 0. The molecule has 3 N–H and O–H groups in total. The van der Waals surface area contributed by atoms with Crippen LogP contribution in [0.1, 0.15) is 98.2 Å². The van der Waals surface area contributed by atoms with Crippen LogP contribution in [0.3, 0.4) is 0 Å². The summed E-state index contributed by atoms with van der Waals surface area (Å²) in [6, 6.07) is 7.16. The first kappa shape index (κ1) is 35.5. The van der Waals surface area contributed by atoms with E-state index in [0.717, 1.165) is 31.2 Å². The monoisotopic (exact) mass is 634 g/mol. The molecule has 2 unspecified atom stereocenters. The number of Topliss-reactive ketones (excluding diaryl/α,β-unsaturated/α-hetero) is 1. The molecule has 2 saturated carbocycles. The number of carbonyl (C=O) groups excluding carboxylic acids is 4. The number of hydrogen-bond acceptors (Lipinski definition) is 5. The number of nitrogens with zero attached hydrogens (tertiary/aromatic N) is 1. The highest BCUT2D eigenvalue weighted by Crippen LogP contribution is 2.43. The summed E-state index contributed by atoms with van der Waals surface area (Å²) in [4.78, 5) is 55.4. The number of amides is 4. The smallest absolute Gasteiger partial charge is 0.315 e. The molecule has 1 heterocycles. The molecule has 1 aromatic rings. The van der Waals surface area contributed by atoms with E-state index >= 15 is 0 Å². The van der Waals surface area contributed by atoms with Crippen molar-refractivity contribution in [3.63, 3.8) is 0 Å². The first-order chi connectivity index (χ1) is 21.8. The number of urea groups is 1. The fourth-order valence-electron chi connectivity index (χ4n) is 6.40. The fraction of sp³-hybridized carbons (Fsp3) is 0.676. The highest BCUT2D eigenvalue weighted by Gasteiger charge is 2.47. The highest BCUT2D eigenvalue weighted by molar-refractivity contribution is 5.95. The van der Waals surface area contributed by atoms with Gasteiger partial charge in [0.05, 0.1) is 24.8 Å². The van der Waals surface area contributed by atoms with Crippen molar-refractivity contribution in [2.75, 3.05) is 13.2 Å².